The molecule has 1 unspecified atom stereocenters. The van der Waals surface area contributed by atoms with Crippen LogP contribution in [0.1, 0.15) is 52.7 Å². The third kappa shape index (κ3) is 3.61. The third-order valence-corrected chi connectivity index (χ3v) is 8.20. The summed E-state index contributed by atoms with van der Waals surface area (Å²) in [5.74, 6) is 0. The van der Waals surface area contributed by atoms with Crippen LogP contribution in [0, 0.1) is 0 Å². The standard InChI is InChI=1S/C15H18Br2N2S2/c1-2-7-18-13(12-8-9(16)14(17)20-12)15-19-10-5-3-4-6-11(10)21-15/h8,13,18H,2-7H2,1H3. The molecule has 1 aliphatic rings. The number of hydrogen-bond donors (Lipinski definition) is 1. The SMILES string of the molecule is CCCNC(c1cc(Br)c(Br)s1)c1nc2c(s1)CCCC2. The first-order valence-corrected chi connectivity index (χ1v) is 10.6. The van der Waals surface area contributed by atoms with Crippen molar-refractivity contribution in [3.8, 4) is 0 Å². The van der Waals surface area contributed by atoms with Gasteiger partial charge in [0.1, 0.15) is 5.01 Å². The molecule has 0 amide bonds. The molecule has 0 bridgehead atoms. The summed E-state index contributed by atoms with van der Waals surface area (Å²) in [6, 6.07) is 2.44. The molecule has 1 atom stereocenters. The highest BCUT2D eigenvalue weighted by atomic mass is 79.9. The third-order valence-electron chi connectivity index (χ3n) is 3.66. The summed E-state index contributed by atoms with van der Waals surface area (Å²) < 4.78 is 2.29. The van der Waals surface area contributed by atoms with Crippen LogP contribution in [0.25, 0.3) is 0 Å². The van der Waals surface area contributed by atoms with Gasteiger partial charge in [-0.3, -0.25) is 0 Å². The molecule has 0 saturated carbocycles. The lowest BCUT2D eigenvalue weighted by atomic mass is 10.0. The van der Waals surface area contributed by atoms with Crippen molar-refractivity contribution in [2.24, 2.45) is 0 Å². The van der Waals surface area contributed by atoms with E-state index in [9.17, 15) is 0 Å². The summed E-state index contributed by atoms with van der Waals surface area (Å²) in [7, 11) is 0. The fourth-order valence-electron chi connectivity index (χ4n) is 2.60. The maximum atomic E-state index is 4.95. The van der Waals surface area contributed by atoms with Crippen molar-refractivity contribution in [1.29, 1.82) is 0 Å². The molecule has 0 saturated heterocycles. The van der Waals surface area contributed by atoms with Crippen molar-refractivity contribution in [3.05, 3.63) is 34.8 Å². The summed E-state index contributed by atoms with van der Waals surface area (Å²) in [6.07, 6.45) is 6.11. The van der Waals surface area contributed by atoms with Gasteiger partial charge in [-0.15, -0.1) is 22.7 Å². The average Bonchev–Trinajstić information content (AvgIpc) is 3.04. The van der Waals surface area contributed by atoms with E-state index >= 15 is 0 Å². The van der Waals surface area contributed by atoms with Gasteiger partial charge in [0.2, 0.25) is 0 Å². The van der Waals surface area contributed by atoms with Crippen LogP contribution in [-0.4, -0.2) is 11.5 Å². The summed E-state index contributed by atoms with van der Waals surface area (Å²) in [6.45, 7) is 3.22. The number of rotatable bonds is 5. The Labute approximate surface area is 150 Å². The van der Waals surface area contributed by atoms with Crippen molar-refractivity contribution >= 4 is 54.5 Å². The van der Waals surface area contributed by atoms with Crippen LogP contribution in [0.5, 0.6) is 0 Å². The molecule has 2 aromatic heterocycles. The minimum Gasteiger partial charge on any atom is -0.304 e. The van der Waals surface area contributed by atoms with Gasteiger partial charge in [0.25, 0.3) is 0 Å². The Morgan fingerprint density at radius 1 is 1.29 bits per heavy atom. The van der Waals surface area contributed by atoms with Crippen molar-refractivity contribution in [1.82, 2.24) is 10.3 Å². The quantitative estimate of drug-likeness (QED) is 0.633. The predicted octanol–water partition coefficient (Wildman–Crippen LogP) is 5.70. The molecule has 6 heteroatoms. The van der Waals surface area contributed by atoms with E-state index in [1.165, 1.54) is 39.7 Å². The van der Waals surface area contributed by atoms with Crippen LogP contribution in [0.2, 0.25) is 0 Å². The van der Waals surface area contributed by atoms with Gasteiger partial charge in [0, 0.05) is 14.2 Å². The molecule has 3 rings (SSSR count). The lowest BCUT2D eigenvalue weighted by molar-refractivity contribution is 0.599. The zero-order chi connectivity index (χ0) is 14.8. The van der Waals surface area contributed by atoms with Crippen molar-refractivity contribution in [2.45, 2.75) is 45.1 Å². The normalized spacial score (nSPS) is 16.0. The van der Waals surface area contributed by atoms with Gasteiger partial charge in [-0.25, -0.2) is 4.98 Å². The molecule has 0 aliphatic heterocycles. The highest BCUT2D eigenvalue weighted by Gasteiger charge is 2.23. The molecular formula is C15H18Br2N2S2. The largest absolute Gasteiger partial charge is 0.304 e. The lowest BCUT2D eigenvalue weighted by Crippen LogP contribution is -2.22. The topological polar surface area (TPSA) is 24.9 Å². The number of nitrogens with zero attached hydrogens (tertiary/aromatic N) is 1. The summed E-state index contributed by atoms with van der Waals surface area (Å²) in [5.41, 5.74) is 1.35. The van der Waals surface area contributed by atoms with E-state index in [4.69, 9.17) is 4.98 Å². The Balaban J connectivity index is 1.92. The molecular weight excluding hydrogens is 432 g/mol. The first-order chi connectivity index (χ1) is 10.2. The first-order valence-electron chi connectivity index (χ1n) is 7.35. The molecule has 1 N–H and O–H groups in total. The zero-order valence-electron chi connectivity index (χ0n) is 11.9. The van der Waals surface area contributed by atoms with Gasteiger partial charge >= 0.3 is 0 Å². The molecule has 0 fully saturated rings. The smallest absolute Gasteiger partial charge is 0.115 e. The molecule has 1 aliphatic carbocycles. The lowest BCUT2D eigenvalue weighted by Gasteiger charge is -2.14. The van der Waals surface area contributed by atoms with Gasteiger partial charge in [-0.1, -0.05) is 6.92 Å². The van der Waals surface area contributed by atoms with E-state index in [2.05, 4.69) is 50.2 Å². The second-order valence-corrected chi connectivity index (χ2v) is 9.66. The molecule has 2 aromatic rings. The van der Waals surface area contributed by atoms with Crippen LogP contribution >= 0.6 is 54.5 Å². The zero-order valence-corrected chi connectivity index (χ0v) is 16.7. The highest BCUT2D eigenvalue weighted by Crippen LogP contribution is 2.39. The van der Waals surface area contributed by atoms with Gasteiger partial charge in [0.15, 0.2) is 0 Å². The molecule has 0 radical (unpaired) electrons. The van der Waals surface area contributed by atoms with Crippen LogP contribution < -0.4 is 5.32 Å². The Morgan fingerprint density at radius 3 is 2.76 bits per heavy atom. The van der Waals surface area contributed by atoms with Gasteiger partial charge in [0.05, 0.1) is 15.5 Å². The maximum absolute atomic E-state index is 4.95. The van der Waals surface area contributed by atoms with Gasteiger partial charge in [-0.05, 0) is 76.6 Å². The van der Waals surface area contributed by atoms with E-state index in [1.54, 1.807) is 11.3 Å². The minimum absolute atomic E-state index is 0.230. The number of nitrogens with one attached hydrogen (secondary N) is 1. The Bertz CT molecular complexity index is 578. The fraction of sp³-hybridized carbons (Fsp3) is 0.533. The molecule has 114 valence electrons. The average molecular weight is 450 g/mol. The summed E-state index contributed by atoms with van der Waals surface area (Å²) in [4.78, 5) is 7.79. The van der Waals surface area contributed by atoms with E-state index in [0.717, 1.165) is 27.6 Å². The molecule has 21 heavy (non-hydrogen) atoms. The summed E-state index contributed by atoms with van der Waals surface area (Å²) in [5, 5.41) is 4.90. The molecule has 0 spiro atoms. The highest BCUT2D eigenvalue weighted by molar-refractivity contribution is 9.13. The first kappa shape index (κ1) is 16.1. The molecule has 2 heterocycles. The van der Waals surface area contributed by atoms with E-state index in [0.29, 0.717) is 0 Å². The maximum Gasteiger partial charge on any atom is 0.115 e. The number of halogens is 2. The number of aromatic nitrogens is 1. The number of thiophene rings is 1. The summed E-state index contributed by atoms with van der Waals surface area (Å²) >= 11 is 10.9. The number of fused-ring (bicyclic) bond motifs is 1. The van der Waals surface area contributed by atoms with Crippen LogP contribution in [0.4, 0.5) is 0 Å². The fourth-order valence-corrected chi connectivity index (χ4v) is 6.09. The van der Waals surface area contributed by atoms with Gasteiger partial charge in [-0.2, -0.15) is 0 Å². The Kier molecular flexibility index (Phi) is 5.54. The number of aryl methyl sites for hydroxylation is 2. The predicted molar refractivity (Wildman–Crippen MR) is 98.6 cm³/mol. The van der Waals surface area contributed by atoms with E-state index in [1.807, 2.05) is 11.3 Å². The van der Waals surface area contributed by atoms with Gasteiger partial charge < -0.3 is 5.32 Å². The molecule has 0 aromatic carbocycles. The Morgan fingerprint density at radius 2 is 2.10 bits per heavy atom. The van der Waals surface area contributed by atoms with Crippen molar-refractivity contribution < 1.29 is 0 Å². The van der Waals surface area contributed by atoms with Crippen molar-refractivity contribution in [3.63, 3.8) is 0 Å². The Hall–Kier alpha value is 0.250. The van der Waals surface area contributed by atoms with Crippen molar-refractivity contribution in [2.75, 3.05) is 6.54 Å². The minimum atomic E-state index is 0.230. The number of thiazole rings is 1. The van der Waals surface area contributed by atoms with Crippen LogP contribution in [0.3, 0.4) is 0 Å². The second kappa shape index (κ2) is 7.21. The number of hydrogen-bond acceptors (Lipinski definition) is 4. The second-order valence-electron chi connectivity index (χ2n) is 5.29. The van der Waals surface area contributed by atoms with Crippen LogP contribution in [0.15, 0.2) is 14.3 Å². The van der Waals surface area contributed by atoms with Crippen LogP contribution in [-0.2, 0) is 12.8 Å². The van der Waals surface area contributed by atoms with E-state index < -0.39 is 0 Å². The monoisotopic (exact) mass is 448 g/mol. The van der Waals surface area contributed by atoms with E-state index in [-0.39, 0.29) is 6.04 Å². The molecule has 2 nitrogen and oxygen atoms in total.